The molecule has 0 saturated heterocycles. The summed E-state index contributed by atoms with van der Waals surface area (Å²) in [7, 11) is 3.02. The molecule has 1 aliphatic rings. The molecule has 0 fully saturated rings. The standard InChI is InChI=1S/C26H23ClN2O4/c1-15-8-10-17(11-9-15)23-24(28-22-7-5-6-21(27)16(22)2)26(31)29(25(23)30)18-12-19(32-3)14-20(13-18)33-4/h5-14,28H,1-4H3. The van der Waals surface area contributed by atoms with Crippen molar-refractivity contribution in [2.45, 2.75) is 13.8 Å². The van der Waals surface area contributed by atoms with Crippen molar-refractivity contribution in [3.63, 3.8) is 0 Å². The van der Waals surface area contributed by atoms with Crippen molar-refractivity contribution in [2.24, 2.45) is 0 Å². The van der Waals surface area contributed by atoms with Crippen molar-refractivity contribution in [2.75, 3.05) is 24.4 Å². The summed E-state index contributed by atoms with van der Waals surface area (Å²) in [6.45, 7) is 3.81. The second kappa shape index (κ2) is 9.00. The maximum Gasteiger partial charge on any atom is 0.282 e. The summed E-state index contributed by atoms with van der Waals surface area (Å²) in [6, 6.07) is 17.8. The third-order valence-electron chi connectivity index (χ3n) is 5.55. The van der Waals surface area contributed by atoms with E-state index in [2.05, 4.69) is 5.32 Å². The lowest BCUT2D eigenvalue weighted by Gasteiger charge is -2.18. The second-order valence-electron chi connectivity index (χ2n) is 7.67. The molecule has 7 heteroatoms. The highest BCUT2D eigenvalue weighted by Gasteiger charge is 2.40. The Morgan fingerprint density at radius 3 is 2.09 bits per heavy atom. The minimum Gasteiger partial charge on any atom is -0.497 e. The molecule has 4 rings (SSSR count). The largest absolute Gasteiger partial charge is 0.497 e. The highest BCUT2D eigenvalue weighted by molar-refractivity contribution is 6.46. The van der Waals surface area contributed by atoms with E-state index in [1.54, 1.807) is 30.3 Å². The first-order valence-corrected chi connectivity index (χ1v) is 10.7. The van der Waals surface area contributed by atoms with Crippen LogP contribution in [0.25, 0.3) is 5.57 Å². The molecule has 0 spiro atoms. The summed E-state index contributed by atoms with van der Waals surface area (Å²) in [5, 5.41) is 3.73. The van der Waals surface area contributed by atoms with E-state index in [4.69, 9.17) is 21.1 Å². The van der Waals surface area contributed by atoms with Gasteiger partial charge in [-0.15, -0.1) is 0 Å². The normalized spacial score (nSPS) is 13.5. The van der Waals surface area contributed by atoms with Crippen molar-refractivity contribution in [1.29, 1.82) is 0 Å². The smallest absolute Gasteiger partial charge is 0.282 e. The number of carbonyl (C=O) groups excluding carboxylic acids is 2. The van der Waals surface area contributed by atoms with E-state index in [1.807, 2.05) is 44.2 Å². The number of imide groups is 1. The molecule has 0 aliphatic carbocycles. The Kier molecular flexibility index (Phi) is 6.11. The van der Waals surface area contributed by atoms with Crippen LogP contribution in [0.15, 0.2) is 66.4 Å². The Morgan fingerprint density at radius 1 is 0.848 bits per heavy atom. The molecular formula is C26H23ClN2O4. The molecule has 33 heavy (non-hydrogen) atoms. The number of nitrogens with one attached hydrogen (secondary N) is 1. The zero-order valence-electron chi connectivity index (χ0n) is 18.7. The van der Waals surface area contributed by atoms with Gasteiger partial charge in [0.1, 0.15) is 17.2 Å². The summed E-state index contributed by atoms with van der Waals surface area (Å²) in [5.41, 5.74) is 3.91. The molecule has 0 bridgehead atoms. The van der Waals surface area contributed by atoms with Gasteiger partial charge in [0, 0.05) is 28.9 Å². The molecular weight excluding hydrogens is 440 g/mol. The fourth-order valence-electron chi connectivity index (χ4n) is 3.67. The van der Waals surface area contributed by atoms with Crippen LogP contribution < -0.4 is 19.7 Å². The van der Waals surface area contributed by atoms with Crippen molar-refractivity contribution in [3.05, 3.63) is 88.1 Å². The van der Waals surface area contributed by atoms with E-state index in [0.29, 0.717) is 33.5 Å². The molecule has 0 radical (unpaired) electrons. The second-order valence-corrected chi connectivity index (χ2v) is 8.08. The summed E-state index contributed by atoms with van der Waals surface area (Å²) in [5.74, 6) is 0.00876. The van der Waals surface area contributed by atoms with E-state index in [-0.39, 0.29) is 11.3 Å². The number of hydrogen-bond donors (Lipinski definition) is 1. The number of aryl methyl sites for hydroxylation is 1. The Balaban J connectivity index is 1.86. The molecule has 168 valence electrons. The van der Waals surface area contributed by atoms with Crippen LogP contribution in [-0.2, 0) is 9.59 Å². The van der Waals surface area contributed by atoms with Crippen LogP contribution >= 0.6 is 11.6 Å². The van der Waals surface area contributed by atoms with Crippen molar-refractivity contribution in [3.8, 4) is 11.5 Å². The monoisotopic (exact) mass is 462 g/mol. The van der Waals surface area contributed by atoms with E-state index < -0.39 is 11.8 Å². The first-order chi connectivity index (χ1) is 15.8. The fraction of sp³-hybridized carbons (Fsp3) is 0.154. The van der Waals surface area contributed by atoms with Crippen molar-refractivity contribution < 1.29 is 19.1 Å². The number of carbonyl (C=O) groups is 2. The summed E-state index contributed by atoms with van der Waals surface area (Å²) in [4.78, 5) is 28.4. The van der Waals surface area contributed by atoms with Gasteiger partial charge in [0.05, 0.1) is 25.5 Å². The molecule has 1 aliphatic heterocycles. The van der Waals surface area contributed by atoms with E-state index in [1.165, 1.54) is 14.2 Å². The third kappa shape index (κ3) is 4.17. The number of amides is 2. The Hall–Kier alpha value is -3.77. The predicted octanol–water partition coefficient (Wildman–Crippen LogP) is 5.37. The number of benzene rings is 3. The molecule has 1 N–H and O–H groups in total. The van der Waals surface area contributed by atoms with Gasteiger partial charge < -0.3 is 14.8 Å². The van der Waals surface area contributed by atoms with Gasteiger partial charge >= 0.3 is 0 Å². The highest BCUT2D eigenvalue weighted by Crippen LogP contribution is 2.37. The lowest BCUT2D eigenvalue weighted by Crippen LogP contribution is -2.32. The molecule has 0 unspecified atom stereocenters. The van der Waals surface area contributed by atoms with Gasteiger partial charge in [-0.3, -0.25) is 9.59 Å². The molecule has 1 heterocycles. The van der Waals surface area contributed by atoms with Crippen LogP contribution in [0.5, 0.6) is 11.5 Å². The minimum absolute atomic E-state index is 0.177. The van der Waals surface area contributed by atoms with Crippen LogP contribution in [-0.4, -0.2) is 26.0 Å². The zero-order valence-corrected chi connectivity index (χ0v) is 19.5. The maximum atomic E-state index is 13.7. The first kappa shape index (κ1) is 22.4. The number of hydrogen-bond acceptors (Lipinski definition) is 5. The first-order valence-electron chi connectivity index (χ1n) is 10.3. The average Bonchev–Trinajstić information content (AvgIpc) is 3.06. The fourth-order valence-corrected chi connectivity index (χ4v) is 3.84. The molecule has 3 aromatic rings. The topological polar surface area (TPSA) is 67.9 Å². The molecule has 6 nitrogen and oxygen atoms in total. The maximum absolute atomic E-state index is 13.7. The van der Waals surface area contributed by atoms with E-state index >= 15 is 0 Å². The van der Waals surface area contributed by atoms with Crippen LogP contribution in [0.3, 0.4) is 0 Å². The highest BCUT2D eigenvalue weighted by atomic mass is 35.5. The molecule has 2 amide bonds. The van der Waals surface area contributed by atoms with E-state index in [0.717, 1.165) is 16.0 Å². The summed E-state index contributed by atoms with van der Waals surface area (Å²) in [6.07, 6.45) is 0. The van der Waals surface area contributed by atoms with Crippen molar-refractivity contribution in [1.82, 2.24) is 0 Å². The Morgan fingerprint density at radius 2 is 1.48 bits per heavy atom. The van der Waals surface area contributed by atoms with Crippen LogP contribution in [0.2, 0.25) is 5.02 Å². The van der Waals surface area contributed by atoms with Gasteiger partial charge in [-0.1, -0.05) is 47.5 Å². The van der Waals surface area contributed by atoms with Crippen LogP contribution in [0, 0.1) is 13.8 Å². The van der Waals surface area contributed by atoms with Gasteiger partial charge in [-0.2, -0.15) is 0 Å². The quantitative estimate of drug-likeness (QED) is 0.499. The number of halogens is 1. The summed E-state index contributed by atoms with van der Waals surface area (Å²) >= 11 is 6.28. The van der Waals surface area contributed by atoms with Gasteiger partial charge in [0.25, 0.3) is 11.8 Å². The predicted molar refractivity (Wildman–Crippen MR) is 130 cm³/mol. The van der Waals surface area contributed by atoms with Gasteiger partial charge in [0.2, 0.25) is 0 Å². The number of rotatable bonds is 6. The van der Waals surface area contributed by atoms with Gasteiger partial charge in [-0.25, -0.2) is 4.90 Å². The Labute approximate surface area is 197 Å². The van der Waals surface area contributed by atoms with E-state index in [9.17, 15) is 9.59 Å². The van der Waals surface area contributed by atoms with Gasteiger partial charge in [0.15, 0.2) is 0 Å². The number of methoxy groups -OCH3 is 2. The molecule has 0 saturated carbocycles. The van der Waals surface area contributed by atoms with Crippen LogP contribution in [0.4, 0.5) is 11.4 Å². The number of ether oxygens (including phenoxy) is 2. The SMILES string of the molecule is COc1cc(OC)cc(N2C(=O)C(Nc3cccc(Cl)c3C)=C(c3ccc(C)cc3)C2=O)c1. The average molecular weight is 463 g/mol. The van der Waals surface area contributed by atoms with Crippen LogP contribution in [0.1, 0.15) is 16.7 Å². The molecule has 0 aromatic heterocycles. The number of nitrogens with zero attached hydrogens (tertiary/aromatic N) is 1. The molecule has 3 aromatic carbocycles. The van der Waals surface area contributed by atoms with Gasteiger partial charge in [-0.05, 0) is 37.1 Å². The lowest BCUT2D eigenvalue weighted by atomic mass is 10.0. The lowest BCUT2D eigenvalue weighted by molar-refractivity contribution is -0.120. The Bertz CT molecular complexity index is 1260. The molecule has 0 atom stereocenters. The zero-order chi connectivity index (χ0) is 23.7. The number of anilines is 2. The third-order valence-corrected chi connectivity index (χ3v) is 5.96. The van der Waals surface area contributed by atoms with Crippen molar-refractivity contribution >= 4 is 40.4 Å². The summed E-state index contributed by atoms with van der Waals surface area (Å²) < 4.78 is 10.7. The minimum atomic E-state index is -0.481.